The summed E-state index contributed by atoms with van der Waals surface area (Å²) in [5.41, 5.74) is 0.901. The molecule has 1 saturated heterocycles. The van der Waals surface area contributed by atoms with Crippen LogP contribution in [0.5, 0.6) is 5.75 Å². The van der Waals surface area contributed by atoms with Crippen LogP contribution in [-0.4, -0.2) is 43.3 Å². The van der Waals surface area contributed by atoms with E-state index in [9.17, 15) is 26.7 Å². The minimum Gasteiger partial charge on any atom is -0.491 e. The van der Waals surface area contributed by atoms with Gasteiger partial charge in [0.2, 0.25) is 5.82 Å². The van der Waals surface area contributed by atoms with Crippen LogP contribution in [0.2, 0.25) is 0 Å². The molecule has 0 aromatic heterocycles. The fraction of sp³-hybridized carbons (Fsp3) is 0.259. The molecular weight excluding hydrogens is 539 g/mol. The minimum atomic E-state index is -2.18. The van der Waals surface area contributed by atoms with Crippen LogP contribution in [-0.2, 0) is 0 Å². The number of piperazine rings is 1. The van der Waals surface area contributed by atoms with Crippen molar-refractivity contribution in [3.63, 3.8) is 0 Å². The number of carbonyl (C=O) groups is 1. The zero-order chi connectivity index (χ0) is 28.3. The van der Waals surface area contributed by atoms with Gasteiger partial charge in [0.05, 0.1) is 6.10 Å². The second-order valence-corrected chi connectivity index (χ2v) is 9.45. The number of benzene rings is 3. The summed E-state index contributed by atoms with van der Waals surface area (Å²) >= 11 is 5.24. The molecule has 6 nitrogen and oxygen atoms in total. The number of rotatable bonds is 6. The fourth-order valence-corrected chi connectivity index (χ4v) is 4.32. The van der Waals surface area contributed by atoms with Gasteiger partial charge in [-0.25, -0.2) is 22.0 Å². The van der Waals surface area contributed by atoms with Crippen molar-refractivity contribution in [2.24, 2.45) is 0 Å². The molecule has 12 heteroatoms. The van der Waals surface area contributed by atoms with Crippen molar-refractivity contribution in [3.05, 3.63) is 83.2 Å². The molecule has 0 radical (unpaired) electrons. The van der Waals surface area contributed by atoms with E-state index in [0.29, 0.717) is 30.1 Å². The zero-order valence-corrected chi connectivity index (χ0v) is 21.9. The summed E-state index contributed by atoms with van der Waals surface area (Å²) in [6, 6.07) is 13.7. The molecule has 0 bridgehead atoms. The fourth-order valence-electron chi connectivity index (χ4n) is 4.11. The molecule has 4 rings (SSSR count). The summed E-state index contributed by atoms with van der Waals surface area (Å²) < 4.78 is 74.4. The molecule has 0 atom stereocenters. The van der Waals surface area contributed by atoms with Crippen LogP contribution in [0.3, 0.4) is 0 Å². The Balaban J connectivity index is 1.31. The number of nitrogens with one attached hydrogen (secondary N) is 2. The Hall–Kier alpha value is -3.93. The normalized spacial score (nSPS) is 13.4. The molecule has 39 heavy (non-hydrogen) atoms. The van der Waals surface area contributed by atoms with Gasteiger partial charge in [0, 0.05) is 43.1 Å². The lowest BCUT2D eigenvalue weighted by molar-refractivity contribution is 0.0977. The Morgan fingerprint density at radius 3 is 1.85 bits per heavy atom. The highest BCUT2D eigenvalue weighted by Gasteiger charge is 2.30. The average molecular weight is 565 g/mol. The Morgan fingerprint density at radius 2 is 1.31 bits per heavy atom. The molecular formula is C27H25F5N4O2S. The molecule has 0 unspecified atom stereocenters. The number of hydrogen-bond acceptors (Lipinski definition) is 5. The molecule has 3 aromatic carbocycles. The summed E-state index contributed by atoms with van der Waals surface area (Å²) in [5.74, 6) is -9.50. The standard InChI is InChI=1S/C27H25F5N4O2S/c1-15(2)38-19-9-3-16(4-10-19)26(37)34-27(39)33-17-5-7-18(8-6-17)35-11-13-36(14-12-35)25-23(31)21(29)20(28)22(30)24(25)32/h3-10,15H,11-14H2,1-2H3,(H2,33,34,37,39). The lowest BCUT2D eigenvalue weighted by atomic mass is 10.2. The van der Waals surface area contributed by atoms with Crippen molar-refractivity contribution in [3.8, 4) is 5.75 Å². The molecule has 1 amide bonds. The predicted molar refractivity (Wildman–Crippen MR) is 143 cm³/mol. The predicted octanol–water partition coefficient (Wildman–Crippen LogP) is 5.62. The van der Waals surface area contributed by atoms with E-state index in [-0.39, 0.29) is 30.2 Å². The summed E-state index contributed by atoms with van der Waals surface area (Å²) in [5, 5.41) is 5.64. The van der Waals surface area contributed by atoms with Gasteiger partial charge in [0.25, 0.3) is 5.91 Å². The highest BCUT2D eigenvalue weighted by atomic mass is 32.1. The van der Waals surface area contributed by atoms with E-state index >= 15 is 0 Å². The lowest BCUT2D eigenvalue weighted by Gasteiger charge is -2.37. The maximum atomic E-state index is 14.2. The van der Waals surface area contributed by atoms with Gasteiger partial charge in [0.15, 0.2) is 28.4 Å². The summed E-state index contributed by atoms with van der Waals surface area (Å²) in [7, 11) is 0. The van der Waals surface area contributed by atoms with Gasteiger partial charge in [-0.05, 0) is 74.6 Å². The average Bonchev–Trinajstić information content (AvgIpc) is 2.92. The number of carbonyl (C=O) groups excluding carboxylic acids is 1. The number of nitrogens with zero attached hydrogens (tertiary/aromatic N) is 2. The maximum Gasteiger partial charge on any atom is 0.257 e. The quantitative estimate of drug-likeness (QED) is 0.175. The second-order valence-electron chi connectivity index (χ2n) is 9.04. The Bertz CT molecular complexity index is 1330. The smallest absolute Gasteiger partial charge is 0.257 e. The number of ether oxygens (including phenoxy) is 1. The molecule has 3 aromatic rings. The van der Waals surface area contributed by atoms with Crippen LogP contribution in [0.4, 0.5) is 39.0 Å². The Morgan fingerprint density at radius 1 is 0.795 bits per heavy atom. The molecule has 1 aliphatic heterocycles. The summed E-state index contributed by atoms with van der Waals surface area (Å²) in [6.45, 7) is 4.51. The van der Waals surface area contributed by atoms with Gasteiger partial charge in [-0.3, -0.25) is 10.1 Å². The highest BCUT2D eigenvalue weighted by Crippen LogP contribution is 2.31. The van der Waals surface area contributed by atoms with Crippen molar-refractivity contribution in [2.75, 3.05) is 41.3 Å². The topological polar surface area (TPSA) is 56.8 Å². The van der Waals surface area contributed by atoms with E-state index in [0.717, 1.165) is 10.6 Å². The van der Waals surface area contributed by atoms with Crippen molar-refractivity contribution in [1.82, 2.24) is 5.32 Å². The molecule has 0 aliphatic carbocycles. The second kappa shape index (κ2) is 11.9. The monoisotopic (exact) mass is 564 g/mol. The number of hydrogen-bond donors (Lipinski definition) is 2. The highest BCUT2D eigenvalue weighted by molar-refractivity contribution is 7.80. The molecule has 0 saturated carbocycles. The van der Waals surface area contributed by atoms with Crippen molar-refractivity contribution >= 4 is 40.3 Å². The molecule has 1 heterocycles. The number of thiocarbonyl (C=S) groups is 1. The number of anilines is 3. The number of amides is 1. The lowest BCUT2D eigenvalue weighted by Crippen LogP contribution is -2.47. The van der Waals surface area contributed by atoms with E-state index < -0.39 is 34.8 Å². The van der Waals surface area contributed by atoms with E-state index in [1.807, 2.05) is 18.7 Å². The maximum absolute atomic E-state index is 14.2. The van der Waals surface area contributed by atoms with E-state index in [4.69, 9.17) is 17.0 Å². The van der Waals surface area contributed by atoms with Crippen LogP contribution in [0.15, 0.2) is 48.5 Å². The summed E-state index contributed by atoms with van der Waals surface area (Å²) in [6.07, 6.45) is 0.0184. The van der Waals surface area contributed by atoms with Crippen LogP contribution in [0.1, 0.15) is 24.2 Å². The minimum absolute atomic E-state index is 0.0184. The molecule has 2 N–H and O–H groups in total. The van der Waals surface area contributed by atoms with Crippen LogP contribution < -0.4 is 25.2 Å². The Labute approximate surface area is 227 Å². The van der Waals surface area contributed by atoms with Gasteiger partial charge in [-0.15, -0.1) is 0 Å². The first-order valence-electron chi connectivity index (χ1n) is 12.1. The molecule has 206 valence electrons. The van der Waals surface area contributed by atoms with Crippen LogP contribution in [0.25, 0.3) is 0 Å². The van der Waals surface area contributed by atoms with Gasteiger partial charge >= 0.3 is 0 Å². The first kappa shape index (κ1) is 28.1. The van der Waals surface area contributed by atoms with E-state index in [1.165, 1.54) is 0 Å². The largest absolute Gasteiger partial charge is 0.491 e. The third-order valence-corrected chi connectivity index (χ3v) is 6.19. The molecule has 0 spiro atoms. The van der Waals surface area contributed by atoms with E-state index in [1.54, 1.807) is 48.5 Å². The van der Waals surface area contributed by atoms with Crippen LogP contribution in [0, 0.1) is 29.1 Å². The van der Waals surface area contributed by atoms with Gasteiger partial charge in [0.1, 0.15) is 11.4 Å². The molecule has 1 aliphatic rings. The number of halogens is 5. The van der Waals surface area contributed by atoms with Crippen molar-refractivity contribution < 1.29 is 31.5 Å². The first-order chi connectivity index (χ1) is 18.5. The molecule has 1 fully saturated rings. The van der Waals surface area contributed by atoms with Crippen molar-refractivity contribution in [2.45, 2.75) is 20.0 Å². The van der Waals surface area contributed by atoms with Gasteiger partial charge < -0.3 is 19.9 Å². The van der Waals surface area contributed by atoms with Gasteiger partial charge in [-0.1, -0.05) is 0 Å². The summed E-state index contributed by atoms with van der Waals surface area (Å²) in [4.78, 5) is 15.5. The third kappa shape index (κ3) is 6.39. The Kier molecular flexibility index (Phi) is 8.54. The first-order valence-corrected chi connectivity index (χ1v) is 12.5. The van der Waals surface area contributed by atoms with Crippen LogP contribution >= 0.6 is 12.2 Å². The zero-order valence-electron chi connectivity index (χ0n) is 21.0. The third-order valence-electron chi connectivity index (χ3n) is 5.99. The van der Waals surface area contributed by atoms with Gasteiger partial charge in [-0.2, -0.15) is 0 Å². The SMILES string of the molecule is CC(C)Oc1ccc(C(=O)NC(=S)Nc2ccc(N3CCN(c4c(F)c(F)c(F)c(F)c4F)CC3)cc2)cc1. The van der Waals surface area contributed by atoms with Crippen molar-refractivity contribution in [1.29, 1.82) is 0 Å². The van der Waals surface area contributed by atoms with E-state index in [2.05, 4.69) is 10.6 Å².